The van der Waals surface area contributed by atoms with Gasteiger partial charge in [0.05, 0.1) is 5.60 Å². The van der Waals surface area contributed by atoms with Crippen LogP contribution in [-0.4, -0.2) is 42.8 Å². The van der Waals surface area contributed by atoms with Crippen molar-refractivity contribution in [1.29, 1.82) is 0 Å². The molecule has 23 heavy (non-hydrogen) atoms. The Morgan fingerprint density at radius 2 is 1.83 bits per heavy atom. The van der Waals surface area contributed by atoms with E-state index in [9.17, 15) is 14.7 Å². The number of carbonyl (C=O) groups is 2. The maximum Gasteiger partial charge on any atom is 0.313 e. The molecule has 0 saturated heterocycles. The number of nitrogens with one attached hydrogen (secondary N) is 2. The molecule has 2 amide bonds. The Bertz CT molecular complexity index is 524. The fourth-order valence-corrected chi connectivity index (χ4v) is 1.90. The van der Waals surface area contributed by atoms with E-state index in [1.807, 2.05) is 12.1 Å². The van der Waals surface area contributed by atoms with E-state index < -0.39 is 17.4 Å². The van der Waals surface area contributed by atoms with Gasteiger partial charge in [0.1, 0.15) is 0 Å². The van der Waals surface area contributed by atoms with E-state index in [-0.39, 0.29) is 6.54 Å². The van der Waals surface area contributed by atoms with Crippen molar-refractivity contribution in [3.05, 3.63) is 29.8 Å². The lowest BCUT2D eigenvalue weighted by molar-refractivity contribution is -0.136. The van der Waals surface area contributed by atoms with Gasteiger partial charge in [-0.15, -0.1) is 0 Å². The van der Waals surface area contributed by atoms with Gasteiger partial charge < -0.3 is 20.5 Å². The maximum atomic E-state index is 11.8. The summed E-state index contributed by atoms with van der Waals surface area (Å²) >= 11 is 0. The third-order valence-electron chi connectivity index (χ3n) is 3.52. The summed E-state index contributed by atoms with van der Waals surface area (Å²) in [5.41, 5.74) is 0.590. The number of amides is 2. The second-order valence-electron chi connectivity index (χ2n) is 6.15. The summed E-state index contributed by atoms with van der Waals surface area (Å²) in [5.74, 6) is -1.14. The summed E-state index contributed by atoms with van der Waals surface area (Å²) in [4.78, 5) is 23.6. The minimum Gasteiger partial charge on any atom is -0.388 e. The smallest absolute Gasteiger partial charge is 0.313 e. The lowest BCUT2D eigenvalue weighted by atomic mass is 10.0. The Hall–Kier alpha value is -1.92. The van der Waals surface area contributed by atoms with Crippen molar-refractivity contribution in [2.75, 3.05) is 25.6 Å². The number of ether oxygens (including phenoxy) is 1. The lowest BCUT2D eigenvalue weighted by Crippen LogP contribution is -2.45. The summed E-state index contributed by atoms with van der Waals surface area (Å²) in [7, 11) is 1.53. The summed E-state index contributed by atoms with van der Waals surface area (Å²) in [5, 5.41) is 15.0. The van der Waals surface area contributed by atoms with Crippen LogP contribution in [0, 0.1) is 0 Å². The van der Waals surface area contributed by atoms with Gasteiger partial charge in [0, 0.05) is 32.4 Å². The van der Waals surface area contributed by atoms with Crippen LogP contribution < -0.4 is 10.6 Å². The standard InChI is InChI=1S/C17H26N2O4/c1-12(2)13-5-7-14(8-6-13)19-16(21)15(20)18-11-17(3,22)9-10-23-4/h5-8,12,22H,9-11H2,1-4H3,(H,18,20)(H,19,21). The molecule has 0 aliphatic heterocycles. The maximum absolute atomic E-state index is 11.8. The number of hydrogen-bond acceptors (Lipinski definition) is 4. The van der Waals surface area contributed by atoms with Crippen LogP contribution in [0.2, 0.25) is 0 Å². The van der Waals surface area contributed by atoms with Crippen LogP contribution in [0.5, 0.6) is 0 Å². The molecule has 1 unspecified atom stereocenters. The summed E-state index contributed by atoms with van der Waals surface area (Å²) in [6, 6.07) is 7.34. The molecule has 0 heterocycles. The summed E-state index contributed by atoms with van der Waals surface area (Å²) in [6.07, 6.45) is 0.363. The Balaban J connectivity index is 2.49. The van der Waals surface area contributed by atoms with Crippen molar-refractivity contribution in [3.8, 4) is 0 Å². The average Bonchev–Trinajstić information content (AvgIpc) is 2.51. The van der Waals surface area contributed by atoms with Crippen LogP contribution in [0.3, 0.4) is 0 Å². The van der Waals surface area contributed by atoms with Crippen molar-refractivity contribution in [3.63, 3.8) is 0 Å². The number of rotatable bonds is 7. The van der Waals surface area contributed by atoms with Gasteiger partial charge in [0.2, 0.25) is 0 Å². The third kappa shape index (κ3) is 6.80. The van der Waals surface area contributed by atoms with Crippen molar-refractivity contribution in [1.82, 2.24) is 5.32 Å². The molecule has 1 rings (SSSR count). The number of methoxy groups -OCH3 is 1. The van der Waals surface area contributed by atoms with Gasteiger partial charge >= 0.3 is 11.8 Å². The molecule has 6 nitrogen and oxygen atoms in total. The SMILES string of the molecule is COCCC(C)(O)CNC(=O)C(=O)Nc1ccc(C(C)C)cc1. The average molecular weight is 322 g/mol. The van der Waals surface area contributed by atoms with E-state index in [0.29, 0.717) is 24.6 Å². The zero-order valence-corrected chi connectivity index (χ0v) is 14.2. The first-order valence-electron chi connectivity index (χ1n) is 7.65. The molecule has 6 heteroatoms. The topological polar surface area (TPSA) is 87.7 Å². The number of aliphatic hydroxyl groups is 1. The molecular formula is C17H26N2O4. The van der Waals surface area contributed by atoms with Gasteiger partial charge in [-0.25, -0.2) is 0 Å². The van der Waals surface area contributed by atoms with E-state index in [1.165, 1.54) is 7.11 Å². The molecule has 1 aromatic rings. The van der Waals surface area contributed by atoms with E-state index in [4.69, 9.17) is 4.74 Å². The molecule has 1 atom stereocenters. The predicted octanol–water partition coefficient (Wildman–Crippen LogP) is 1.65. The Kier molecular flexibility index (Phi) is 7.19. The van der Waals surface area contributed by atoms with Crippen LogP contribution in [0.4, 0.5) is 5.69 Å². The first-order valence-corrected chi connectivity index (χ1v) is 7.65. The van der Waals surface area contributed by atoms with E-state index in [1.54, 1.807) is 19.1 Å². The summed E-state index contributed by atoms with van der Waals surface area (Å²) < 4.78 is 4.89. The highest BCUT2D eigenvalue weighted by Crippen LogP contribution is 2.17. The second-order valence-corrected chi connectivity index (χ2v) is 6.15. The van der Waals surface area contributed by atoms with Gasteiger partial charge in [0.15, 0.2) is 0 Å². The minimum absolute atomic E-state index is 0.0189. The Labute approximate surface area is 137 Å². The highest BCUT2D eigenvalue weighted by atomic mass is 16.5. The first kappa shape index (κ1) is 19.1. The highest BCUT2D eigenvalue weighted by Gasteiger charge is 2.23. The Morgan fingerprint density at radius 3 is 2.35 bits per heavy atom. The molecule has 0 saturated carbocycles. The molecule has 128 valence electrons. The van der Waals surface area contributed by atoms with Crippen molar-refractivity contribution in [2.24, 2.45) is 0 Å². The van der Waals surface area contributed by atoms with Crippen molar-refractivity contribution < 1.29 is 19.4 Å². The molecule has 1 aromatic carbocycles. The van der Waals surface area contributed by atoms with Gasteiger partial charge in [0.25, 0.3) is 0 Å². The van der Waals surface area contributed by atoms with Gasteiger partial charge in [-0.3, -0.25) is 9.59 Å². The van der Waals surface area contributed by atoms with Crippen LogP contribution in [-0.2, 0) is 14.3 Å². The van der Waals surface area contributed by atoms with E-state index in [2.05, 4.69) is 24.5 Å². The van der Waals surface area contributed by atoms with Crippen LogP contribution in [0.25, 0.3) is 0 Å². The molecule has 0 aliphatic rings. The quantitative estimate of drug-likeness (QED) is 0.666. The van der Waals surface area contributed by atoms with E-state index in [0.717, 1.165) is 5.56 Å². The highest BCUT2D eigenvalue weighted by molar-refractivity contribution is 6.39. The molecule has 0 aromatic heterocycles. The molecule has 0 fully saturated rings. The van der Waals surface area contributed by atoms with Crippen molar-refractivity contribution in [2.45, 2.75) is 38.7 Å². The molecule has 0 aliphatic carbocycles. The van der Waals surface area contributed by atoms with Gasteiger partial charge in [-0.2, -0.15) is 0 Å². The largest absolute Gasteiger partial charge is 0.388 e. The second kappa shape index (κ2) is 8.64. The van der Waals surface area contributed by atoms with Crippen LogP contribution in [0.1, 0.15) is 38.7 Å². The monoisotopic (exact) mass is 322 g/mol. The number of anilines is 1. The minimum atomic E-state index is -1.12. The molecule has 0 bridgehead atoms. The zero-order chi connectivity index (χ0) is 17.5. The number of carbonyl (C=O) groups excluding carboxylic acids is 2. The summed E-state index contributed by atoms with van der Waals surface area (Å²) in [6.45, 7) is 6.09. The van der Waals surface area contributed by atoms with Crippen LogP contribution in [0.15, 0.2) is 24.3 Å². The van der Waals surface area contributed by atoms with Crippen molar-refractivity contribution >= 4 is 17.5 Å². The third-order valence-corrected chi connectivity index (χ3v) is 3.52. The Morgan fingerprint density at radius 1 is 1.22 bits per heavy atom. The normalized spacial score (nSPS) is 13.5. The molecular weight excluding hydrogens is 296 g/mol. The fourth-order valence-electron chi connectivity index (χ4n) is 1.90. The predicted molar refractivity (Wildman–Crippen MR) is 89.3 cm³/mol. The van der Waals surface area contributed by atoms with Gasteiger partial charge in [-0.05, 0) is 30.5 Å². The number of benzene rings is 1. The zero-order valence-electron chi connectivity index (χ0n) is 14.2. The molecule has 0 radical (unpaired) electrons. The fraction of sp³-hybridized carbons (Fsp3) is 0.529. The lowest BCUT2D eigenvalue weighted by Gasteiger charge is -2.22. The molecule has 3 N–H and O–H groups in total. The first-order chi connectivity index (χ1) is 10.7. The number of hydrogen-bond donors (Lipinski definition) is 3. The molecule has 0 spiro atoms. The van der Waals surface area contributed by atoms with E-state index >= 15 is 0 Å². The van der Waals surface area contributed by atoms with Crippen LogP contribution >= 0.6 is 0 Å². The van der Waals surface area contributed by atoms with Gasteiger partial charge in [-0.1, -0.05) is 26.0 Å².